The monoisotopic (exact) mass is 349 g/mol. The molecule has 1 fully saturated rings. The van der Waals surface area contributed by atoms with E-state index in [0.29, 0.717) is 6.42 Å². The number of rotatable bonds is 15. The lowest BCUT2D eigenvalue weighted by Crippen LogP contribution is -2.38. The Morgan fingerprint density at radius 2 is 1.60 bits per heavy atom. The van der Waals surface area contributed by atoms with E-state index < -0.39 is 0 Å². The third-order valence-corrected chi connectivity index (χ3v) is 5.34. The second kappa shape index (κ2) is 13.1. The van der Waals surface area contributed by atoms with E-state index in [4.69, 9.17) is 0 Å². The topological polar surface area (TPSA) is 37.4 Å². The van der Waals surface area contributed by atoms with Crippen LogP contribution in [0.4, 0.5) is 0 Å². The molecule has 1 atom stereocenters. The average molecular weight is 350 g/mol. The van der Waals surface area contributed by atoms with Crippen molar-refractivity contribution in [1.82, 2.24) is 4.90 Å². The number of carbonyl (C=O) groups is 2. The minimum Gasteiger partial charge on any atom is -0.365 e. The predicted molar refractivity (Wildman–Crippen MR) is 106 cm³/mol. The van der Waals surface area contributed by atoms with Gasteiger partial charge in [0.05, 0.1) is 12.5 Å². The first kappa shape index (κ1) is 21.9. The Bertz CT molecular complexity index is 416. The Morgan fingerprint density at radius 1 is 1.00 bits per heavy atom. The highest BCUT2D eigenvalue weighted by molar-refractivity contribution is 6.01. The largest absolute Gasteiger partial charge is 0.365 e. The third-order valence-electron chi connectivity index (χ3n) is 5.34. The minimum absolute atomic E-state index is 0.0893. The average Bonchev–Trinajstić information content (AvgIpc) is 3.00. The van der Waals surface area contributed by atoms with Crippen molar-refractivity contribution >= 4 is 11.6 Å². The maximum Gasteiger partial charge on any atom is 0.162 e. The Morgan fingerprint density at radius 3 is 2.12 bits per heavy atom. The normalized spacial score (nSPS) is 15.6. The standard InChI is InChI=1S/C22H39NO2/c1-4-6-7-8-9-10-11-12-13-16-20(24)18-22(25)21(5-2)23-17-14-15-19(23)3/h21H,3-18H2,1-2H3/t21-/m0/s1. The molecule has 3 nitrogen and oxygen atoms in total. The summed E-state index contributed by atoms with van der Waals surface area (Å²) in [7, 11) is 0. The molecule has 144 valence electrons. The predicted octanol–water partition coefficient (Wildman–Crippen LogP) is 5.82. The molecule has 1 aliphatic heterocycles. The van der Waals surface area contributed by atoms with Crippen LogP contribution in [-0.4, -0.2) is 29.1 Å². The molecule has 0 saturated carbocycles. The van der Waals surface area contributed by atoms with Gasteiger partial charge in [-0.25, -0.2) is 0 Å². The van der Waals surface area contributed by atoms with Crippen molar-refractivity contribution in [2.75, 3.05) is 6.54 Å². The zero-order chi connectivity index (χ0) is 18.5. The van der Waals surface area contributed by atoms with E-state index in [9.17, 15) is 9.59 Å². The first-order chi connectivity index (χ1) is 12.1. The highest BCUT2D eigenvalue weighted by Gasteiger charge is 2.28. The molecule has 1 saturated heterocycles. The van der Waals surface area contributed by atoms with Crippen molar-refractivity contribution < 1.29 is 9.59 Å². The molecule has 0 radical (unpaired) electrons. The quantitative estimate of drug-likeness (QED) is 0.276. The van der Waals surface area contributed by atoms with E-state index in [1.165, 1.54) is 44.9 Å². The number of ketones is 2. The zero-order valence-corrected chi connectivity index (χ0v) is 16.7. The number of likely N-dealkylation sites (tertiary alicyclic amines) is 1. The summed E-state index contributed by atoms with van der Waals surface area (Å²) in [6.07, 6.45) is 14.8. The van der Waals surface area contributed by atoms with Gasteiger partial charge in [-0.1, -0.05) is 71.8 Å². The Hall–Kier alpha value is -1.12. The van der Waals surface area contributed by atoms with Crippen LogP contribution < -0.4 is 0 Å². The SMILES string of the molecule is C=C1CCCN1[C@@H](CC)C(=O)CC(=O)CCCCCCCCCCC. The van der Waals surface area contributed by atoms with Gasteiger partial charge in [0.2, 0.25) is 0 Å². The molecular formula is C22H39NO2. The molecule has 1 rings (SSSR count). The molecule has 0 aromatic rings. The van der Waals surface area contributed by atoms with Crippen molar-refractivity contribution in [3.63, 3.8) is 0 Å². The van der Waals surface area contributed by atoms with Gasteiger partial charge in [-0.15, -0.1) is 0 Å². The number of allylic oxidation sites excluding steroid dienone is 1. The van der Waals surface area contributed by atoms with Crippen LogP contribution in [-0.2, 0) is 9.59 Å². The highest BCUT2D eigenvalue weighted by atomic mass is 16.1. The van der Waals surface area contributed by atoms with Gasteiger partial charge in [-0.3, -0.25) is 9.59 Å². The van der Waals surface area contributed by atoms with E-state index >= 15 is 0 Å². The van der Waals surface area contributed by atoms with Crippen LogP contribution in [0, 0.1) is 0 Å². The lowest BCUT2D eigenvalue weighted by atomic mass is 10.00. The minimum atomic E-state index is -0.137. The highest BCUT2D eigenvalue weighted by Crippen LogP contribution is 2.24. The second-order valence-corrected chi connectivity index (χ2v) is 7.55. The first-order valence-electron chi connectivity index (χ1n) is 10.6. The van der Waals surface area contributed by atoms with E-state index in [1.807, 2.05) is 6.92 Å². The molecular weight excluding hydrogens is 310 g/mol. The summed E-state index contributed by atoms with van der Waals surface area (Å²) in [6.45, 7) is 9.24. The van der Waals surface area contributed by atoms with Gasteiger partial charge in [-0.05, 0) is 25.7 Å². The summed E-state index contributed by atoms with van der Waals surface area (Å²) in [5.41, 5.74) is 1.06. The first-order valence-corrected chi connectivity index (χ1v) is 10.6. The lowest BCUT2D eigenvalue weighted by Gasteiger charge is -2.28. The third kappa shape index (κ3) is 8.69. The number of carbonyl (C=O) groups excluding carboxylic acids is 2. The summed E-state index contributed by atoms with van der Waals surface area (Å²) in [6, 6.07) is -0.137. The fourth-order valence-electron chi connectivity index (χ4n) is 3.79. The molecule has 0 spiro atoms. The number of hydrogen-bond acceptors (Lipinski definition) is 3. The molecule has 1 heterocycles. The van der Waals surface area contributed by atoms with Gasteiger partial charge in [0.15, 0.2) is 5.78 Å². The van der Waals surface area contributed by atoms with Crippen LogP contribution in [0.3, 0.4) is 0 Å². The van der Waals surface area contributed by atoms with Crippen LogP contribution >= 0.6 is 0 Å². The second-order valence-electron chi connectivity index (χ2n) is 7.55. The van der Waals surface area contributed by atoms with Crippen molar-refractivity contribution in [3.8, 4) is 0 Å². The summed E-state index contributed by atoms with van der Waals surface area (Å²) in [5.74, 6) is 0.211. The van der Waals surface area contributed by atoms with Crippen LogP contribution in [0.5, 0.6) is 0 Å². The van der Waals surface area contributed by atoms with E-state index in [1.54, 1.807) is 0 Å². The van der Waals surface area contributed by atoms with Gasteiger partial charge >= 0.3 is 0 Å². The molecule has 0 aromatic heterocycles. The van der Waals surface area contributed by atoms with Crippen molar-refractivity contribution in [3.05, 3.63) is 12.3 Å². The number of hydrogen-bond donors (Lipinski definition) is 0. The van der Waals surface area contributed by atoms with E-state index in [2.05, 4.69) is 18.4 Å². The van der Waals surface area contributed by atoms with Gasteiger partial charge < -0.3 is 4.90 Å². The Kier molecular flexibility index (Phi) is 11.5. The Balaban J connectivity index is 2.12. The smallest absolute Gasteiger partial charge is 0.162 e. The molecule has 0 unspecified atom stereocenters. The van der Waals surface area contributed by atoms with E-state index in [0.717, 1.165) is 44.3 Å². The van der Waals surface area contributed by atoms with Crippen LogP contribution in [0.25, 0.3) is 0 Å². The molecule has 0 bridgehead atoms. The summed E-state index contributed by atoms with van der Waals surface area (Å²) < 4.78 is 0. The molecule has 3 heteroatoms. The summed E-state index contributed by atoms with van der Waals surface area (Å²) >= 11 is 0. The molecule has 0 N–H and O–H groups in total. The van der Waals surface area contributed by atoms with Crippen LogP contribution in [0.15, 0.2) is 12.3 Å². The Labute approximate surface area is 155 Å². The van der Waals surface area contributed by atoms with Gasteiger partial charge in [0.25, 0.3) is 0 Å². The van der Waals surface area contributed by atoms with Gasteiger partial charge in [0.1, 0.15) is 5.78 Å². The maximum atomic E-state index is 12.5. The molecule has 25 heavy (non-hydrogen) atoms. The maximum absolute atomic E-state index is 12.5. The van der Waals surface area contributed by atoms with Crippen molar-refractivity contribution in [2.45, 2.75) is 110 Å². The summed E-state index contributed by atoms with van der Waals surface area (Å²) in [4.78, 5) is 26.7. The molecule has 0 aromatic carbocycles. The molecule has 0 amide bonds. The fourth-order valence-corrected chi connectivity index (χ4v) is 3.79. The van der Waals surface area contributed by atoms with Gasteiger partial charge in [-0.2, -0.15) is 0 Å². The van der Waals surface area contributed by atoms with Crippen molar-refractivity contribution in [2.24, 2.45) is 0 Å². The van der Waals surface area contributed by atoms with Gasteiger partial charge in [0, 0.05) is 18.7 Å². The zero-order valence-electron chi connectivity index (χ0n) is 16.7. The number of Topliss-reactive ketones (excluding diaryl/α,β-unsaturated/α-hetero) is 2. The van der Waals surface area contributed by atoms with E-state index in [-0.39, 0.29) is 24.0 Å². The van der Waals surface area contributed by atoms with Crippen LogP contribution in [0.1, 0.15) is 104 Å². The number of unbranched alkanes of at least 4 members (excludes halogenated alkanes) is 8. The van der Waals surface area contributed by atoms with Crippen molar-refractivity contribution in [1.29, 1.82) is 0 Å². The van der Waals surface area contributed by atoms with Crippen LogP contribution in [0.2, 0.25) is 0 Å². The summed E-state index contributed by atoms with van der Waals surface area (Å²) in [5, 5.41) is 0. The molecule has 0 aliphatic carbocycles. The number of nitrogens with zero attached hydrogens (tertiary/aromatic N) is 1. The molecule has 1 aliphatic rings. The fraction of sp³-hybridized carbons (Fsp3) is 0.818. The lowest BCUT2D eigenvalue weighted by molar-refractivity contribution is -0.129.